The van der Waals surface area contributed by atoms with E-state index in [-0.39, 0.29) is 17.9 Å². The maximum absolute atomic E-state index is 13.3. The van der Waals surface area contributed by atoms with E-state index in [0.29, 0.717) is 17.1 Å². The molecule has 0 heterocycles. The number of nitriles is 1. The molecule has 2 aromatic rings. The SMILES string of the molecule is COc1cc(C#N)ccc1OCC(=O)c1cc(F)ccc1OC. The highest BCUT2D eigenvalue weighted by Gasteiger charge is 2.15. The highest BCUT2D eigenvalue weighted by molar-refractivity contribution is 5.99. The van der Waals surface area contributed by atoms with E-state index in [4.69, 9.17) is 19.5 Å². The average molecular weight is 315 g/mol. The van der Waals surface area contributed by atoms with Gasteiger partial charge < -0.3 is 14.2 Å². The monoisotopic (exact) mass is 315 g/mol. The number of hydrogen-bond acceptors (Lipinski definition) is 5. The molecule has 0 unspecified atom stereocenters. The Bertz CT molecular complexity index is 768. The first-order valence-corrected chi connectivity index (χ1v) is 6.66. The van der Waals surface area contributed by atoms with Gasteiger partial charge in [-0.25, -0.2) is 4.39 Å². The molecule has 0 spiro atoms. The van der Waals surface area contributed by atoms with Gasteiger partial charge >= 0.3 is 0 Å². The first-order valence-electron chi connectivity index (χ1n) is 6.66. The molecule has 5 nitrogen and oxygen atoms in total. The molecule has 0 bridgehead atoms. The molecule has 0 N–H and O–H groups in total. The van der Waals surface area contributed by atoms with Crippen molar-refractivity contribution in [2.75, 3.05) is 20.8 Å². The minimum atomic E-state index is -0.537. The van der Waals surface area contributed by atoms with Gasteiger partial charge in [0.2, 0.25) is 5.78 Å². The van der Waals surface area contributed by atoms with Crippen molar-refractivity contribution in [3.8, 4) is 23.3 Å². The summed E-state index contributed by atoms with van der Waals surface area (Å²) >= 11 is 0. The Morgan fingerprint density at radius 2 is 1.78 bits per heavy atom. The predicted octanol–water partition coefficient (Wildman–Crippen LogP) is 2.98. The van der Waals surface area contributed by atoms with E-state index < -0.39 is 11.6 Å². The fourth-order valence-electron chi connectivity index (χ4n) is 1.98. The van der Waals surface area contributed by atoms with Crippen molar-refractivity contribution in [2.45, 2.75) is 0 Å². The fourth-order valence-corrected chi connectivity index (χ4v) is 1.98. The lowest BCUT2D eigenvalue weighted by molar-refractivity contribution is 0.0916. The second kappa shape index (κ2) is 7.27. The van der Waals surface area contributed by atoms with Crippen LogP contribution in [0.15, 0.2) is 36.4 Å². The molecule has 0 aromatic heterocycles. The summed E-state index contributed by atoms with van der Waals surface area (Å²) in [6, 6.07) is 10.3. The van der Waals surface area contributed by atoms with Crippen LogP contribution in [0.2, 0.25) is 0 Å². The van der Waals surface area contributed by atoms with Gasteiger partial charge in [0.15, 0.2) is 18.1 Å². The van der Waals surface area contributed by atoms with Crippen molar-refractivity contribution in [3.05, 3.63) is 53.3 Å². The maximum atomic E-state index is 13.3. The van der Waals surface area contributed by atoms with E-state index in [1.165, 1.54) is 38.5 Å². The third kappa shape index (κ3) is 3.77. The Hall–Kier alpha value is -3.07. The molecule has 2 rings (SSSR count). The third-order valence-electron chi connectivity index (χ3n) is 3.11. The van der Waals surface area contributed by atoms with Crippen molar-refractivity contribution in [2.24, 2.45) is 0 Å². The van der Waals surface area contributed by atoms with Crippen molar-refractivity contribution < 1.29 is 23.4 Å². The Morgan fingerprint density at radius 1 is 1.09 bits per heavy atom. The molecule has 0 amide bonds. The largest absolute Gasteiger partial charge is 0.496 e. The number of nitrogens with zero attached hydrogens (tertiary/aromatic N) is 1. The summed E-state index contributed by atoms with van der Waals surface area (Å²) in [4.78, 5) is 12.2. The van der Waals surface area contributed by atoms with Crippen molar-refractivity contribution in [3.63, 3.8) is 0 Å². The van der Waals surface area contributed by atoms with Crippen molar-refractivity contribution in [1.29, 1.82) is 5.26 Å². The summed E-state index contributed by atoms with van der Waals surface area (Å²) in [5.74, 6) is -0.0528. The zero-order chi connectivity index (χ0) is 16.8. The van der Waals surface area contributed by atoms with E-state index in [0.717, 1.165) is 6.07 Å². The van der Waals surface area contributed by atoms with Gasteiger partial charge in [0.05, 0.1) is 31.4 Å². The van der Waals surface area contributed by atoms with Crippen LogP contribution in [0.4, 0.5) is 4.39 Å². The van der Waals surface area contributed by atoms with Gasteiger partial charge in [-0.15, -0.1) is 0 Å². The first kappa shape index (κ1) is 16.3. The first-order chi connectivity index (χ1) is 11.1. The number of rotatable bonds is 6. The lowest BCUT2D eigenvalue weighted by Crippen LogP contribution is -2.13. The number of carbonyl (C=O) groups is 1. The van der Waals surface area contributed by atoms with Gasteiger partial charge in [-0.1, -0.05) is 0 Å². The molecule has 0 aliphatic rings. The summed E-state index contributed by atoms with van der Waals surface area (Å²) in [6.07, 6.45) is 0. The topological polar surface area (TPSA) is 68.5 Å². The van der Waals surface area contributed by atoms with Gasteiger partial charge in [0.1, 0.15) is 11.6 Å². The molecule has 0 atom stereocenters. The van der Waals surface area contributed by atoms with Crippen LogP contribution in [0.3, 0.4) is 0 Å². The Labute approximate surface area is 132 Å². The second-order valence-electron chi connectivity index (χ2n) is 4.53. The van der Waals surface area contributed by atoms with Crippen LogP contribution in [0, 0.1) is 17.1 Å². The Kier molecular flexibility index (Phi) is 5.15. The van der Waals surface area contributed by atoms with Crippen LogP contribution in [0.5, 0.6) is 17.2 Å². The number of Topliss-reactive ketones (excluding diaryl/α,β-unsaturated/α-hetero) is 1. The third-order valence-corrected chi connectivity index (χ3v) is 3.11. The minimum Gasteiger partial charge on any atom is -0.496 e. The summed E-state index contributed by atoms with van der Waals surface area (Å²) < 4.78 is 28.9. The highest BCUT2D eigenvalue weighted by atomic mass is 19.1. The molecule has 23 heavy (non-hydrogen) atoms. The molecule has 2 aromatic carbocycles. The summed E-state index contributed by atoms with van der Waals surface area (Å²) in [6.45, 7) is -0.317. The normalized spacial score (nSPS) is 9.83. The Morgan fingerprint density at radius 3 is 2.43 bits per heavy atom. The molecule has 0 saturated carbocycles. The molecular weight excluding hydrogens is 301 g/mol. The van der Waals surface area contributed by atoms with Crippen LogP contribution in [0.1, 0.15) is 15.9 Å². The second-order valence-corrected chi connectivity index (χ2v) is 4.53. The molecule has 0 aliphatic carbocycles. The smallest absolute Gasteiger partial charge is 0.204 e. The predicted molar refractivity (Wildman–Crippen MR) is 80.5 cm³/mol. The van der Waals surface area contributed by atoms with Crippen LogP contribution in [-0.4, -0.2) is 26.6 Å². The molecule has 0 fully saturated rings. The molecule has 0 radical (unpaired) electrons. The van der Waals surface area contributed by atoms with Crippen LogP contribution in [0.25, 0.3) is 0 Å². The number of carbonyl (C=O) groups excluding carboxylic acids is 1. The van der Waals surface area contributed by atoms with Gasteiger partial charge in [-0.2, -0.15) is 5.26 Å². The van der Waals surface area contributed by atoms with E-state index >= 15 is 0 Å². The zero-order valence-electron chi connectivity index (χ0n) is 12.6. The summed E-state index contributed by atoms with van der Waals surface area (Å²) in [5, 5.41) is 8.85. The lowest BCUT2D eigenvalue weighted by Gasteiger charge is -2.11. The van der Waals surface area contributed by atoms with Gasteiger partial charge in [-0.05, 0) is 30.3 Å². The molecule has 0 saturated heterocycles. The summed E-state index contributed by atoms with van der Waals surface area (Å²) in [5.41, 5.74) is 0.507. The Balaban J connectivity index is 2.17. The molecular formula is C17H14FNO4. The van der Waals surface area contributed by atoms with Crippen molar-refractivity contribution >= 4 is 5.78 Å². The van der Waals surface area contributed by atoms with Crippen LogP contribution >= 0.6 is 0 Å². The number of ether oxygens (including phenoxy) is 3. The van der Waals surface area contributed by atoms with Crippen LogP contribution < -0.4 is 14.2 Å². The average Bonchev–Trinajstić information content (AvgIpc) is 2.59. The standard InChI is InChI=1S/C17H14FNO4/c1-21-15-6-4-12(18)8-13(15)14(20)10-23-16-5-3-11(9-19)7-17(16)22-2/h3-8H,10H2,1-2H3. The number of benzene rings is 2. The zero-order valence-corrected chi connectivity index (χ0v) is 12.6. The number of hydrogen-bond donors (Lipinski definition) is 0. The molecule has 0 aliphatic heterocycles. The molecule has 118 valence electrons. The van der Waals surface area contributed by atoms with E-state index in [9.17, 15) is 9.18 Å². The van der Waals surface area contributed by atoms with E-state index in [1.54, 1.807) is 6.07 Å². The van der Waals surface area contributed by atoms with Crippen molar-refractivity contribution in [1.82, 2.24) is 0 Å². The number of methoxy groups -OCH3 is 2. The molecule has 6 heteroatoms. The lowest BCUT2D eigenvalue weighted by atomic mass is 10.1. The highest BCUT2D eigenvalue weighted by Crippen LogP contribution is 2.28. The fraction of sp³-hybridized carbons (Fsp3) is 0.176. The van der Waals surface area contributed by atoms with E-state index in [2.05, 4.69) is 0 Å². The number of ketones is 1. The minimum absolute atomic E-state index is 0.0973. The number of halogens is 1. The van der Waals surface area contributed by atoms with Gasteiger partial charge in [0.25, 0.3) is 0 Å². The summed E-state index contributed by atoms with van der Waals surface area (Å²) in [7, 11) is 2.83. The quantitative estimate of drug-likeness (QED) is 0.767. The maximum Gasteiger partial charge on any atom is 0.204 e. The van der Waals surface area contributed by atoms with Gasteiger partial charge in [-0.3, -0.25) is 4.79 Å². The van der Waals surface area contributed by atoms with E-state index in [1.807, 2.05) is 6.07 Å². The van der Waals surface area contributed by atoms with Gasteiger partial charge in [0, 0.05) is 6.07 Å². The van der Waals surface area contributed by atoms with Crippen LogP contribution in [-0.2, 0) is 0 Å².